The van der Waals surface area contributed by atoms with E-state index in [0.29, 0.717) is 45.8 Å². The van der Waals surface area contributed by atoms with Gasteiger partial charge in [-0.2, -0.15) is 18.3 Å². The van der Waals surface area contributed by atoms with Crippen molar-refractivity contribution in [1.82, 2.24) is 25.1 Å². The number of hydrogen-bond acceptors (Lipinski definition) is 6. The average molecular weight is 467 g/mol. The van der Waals surface area contributed by atoms with Crippen LogP contribution in [0.25, 0.3) is 22.3 Å². The van der Waals surface area contributed by atoms with Gasteiger partial charge in [-0.3, -0.25) is 0 Å². The highest BCUT2D eigenvalue weighted by Crippen LogP contribution is 2.36. The maximum atomic E-state index is 13.1. The van der Waals surface area contributed by atoms with Crippen molar-refractivity contribution >= 4 is 22.5 Å². The fourth-order valence-corrected chi connectivity index (χ4v) is 4.52. The van der Waals surface area contributed by atoms with Crippen LogP contribution in [0.5, 0.6) is 0 Å². The van der Waals surface area contributed by atoms with Crippen LogP contribution in [0.15, 0.2) is 48.8 Å². The van der Waals surface area contributed by atoms with Gasteiger partial charge in [0, 0.05) is 11.3 Å². The number of benzene rings is 2. The van der Waals surface area contributed by atoms with E-state index < -0.39 is 11.7 Å². The molecule has 3 heterocycles. The van der Waals surface area contributed by atoms with E-state index in [4.69, 9.17) is 16.6 Å². The van der Waals surface area contributed by atoms with Crippen molar-refractivity contribution in [2.45, 2.75) is 31.5 Å². The van der Waals surface area contributed by atoms with Crippen LogP contribution in [0.4, 0.5) is 24.7 Å². The first-order valence-corrected chi connectivity index (χ1v) is 11.1. The summed E-state index contributed by atoms with van der Waals surface area (Å²) >= 11 is 0. The lowest BCUT2D eigenvalue weighted by molar-refractivity contribution is -0.137. The Bertz CT molecular complexity index is 1340. The molecule has 10 heteroatoms. The van der Waals surface area contributed by atoms with Gasteiger partial charge in [-0.05, 0) is 55.6 Å². The van der Waals surface area contributed by atoms with Crippen molar-refractivity contribution in [3.05, 3.63) is 65.5 Å². The molecule has 0 saturated carbocycles. The van der Waals surface area contributed by atoms with Crippen molar-refractivity contribution in [2.24, 2.45) is 0 Å². The van der Waals surface area contributed by atoms with Gasteiger partial charge in [0.25, 0.3) is 0 Å². The summed E-state index contributed by atoms with van der Waals surface area (Å²) in [6.45, 7) is 1.79. The highest BCUT2D eigenvalue weighted by atomic mass is 19.4. The van der Waals surface area contributed by atoms with Crippen LogP contribution in [0.2, 0.25) is 0 Å². The van der Waals surface area contributed by atoms with E-state index in [0.717, 1.165) is 43.6 Å². The molecule has 176 valence electrons. The van der Waals surface area contributed by atoms with Crippen molar-refractivity contribution in [2.75, 3.05) is 24.6 Å². The Balaban J connectivity index is 1.51. The molecule has 0 atom stereocenters. The minimum absolute atomic E-state index is 0.188. The Morgan fingerprint density at radius 1 is 1.00 bits per heavy atom. The maximum absolute atomic E-state index is 13.1. The van der Waals surface area contributed by atoms with Crippen LogP contribution in [0.3, 0.4) is 0 Å². The second-order valence-electron chi connectivity index (χ2n) is 8.53. The molecule has 4 aromatic rings. The quantitative estimate of drug-likeness (QED) is 0.389. The molecule has 34 heavy (non-hydrogen) atoms. The number of fused-ring (bicyclic) bond motifs is 1. The Labute approximate surface area is 194 Å². The number of alkyl halides is 3. The summed E-state index contributed by atoms with van der Waals surface area (Å²) in [6, 6.07) is 11.0. The Hall–Kier alpha value is -3.66. The van der Waals surface area contributed by atoms with Gasteiger partial charge in [0.2, 0.25) is 0 Å². The van der Waals surface area contributed by atoms with Crippen LogP contribution in [-0.2, 0) is 12.6 Å². The Morgan fingerprint density at radius 3 is 2.50 bits per heavy atom. The first kappa shape index (κ1) is 22.1. The number of hydrogen-bond donors (Lipinski definition) is 3. The molecule has 7 nitrogen and oxygen atoms in total. The Morgan fingerprint density at radius 2 is 1.76 bits per heavy atom. The fraction of sp³-hybridized carbons (Fsp3) is 0.292. The van der Waals surface area contributed by atoms with E-state index >= 15 is 0 Å². The lowest BCUT2D eigenvalue weighted by Gasteiger charge is -2.23. The zero-order valence-electron chi connectivity index (χ0n) is 18.3. The summed E-state index contributed by atoms with van der Waals surface area (Å²) in [7, 11) is 0. The summed E-state index contributed by atoms with van der Waals surface area (Å²) < 4.78 is 41.1. The van der Waals surface area contributed by atoms with Crippen molar-refractivity contribution < 1.29 is 13.2 Å². The van der Waals surface area contributed by atoms with Crippen LogP contribution in [0.1, 0.15) is 35.6 Å². The molecule has 5 N–H and O–H groups in total. The van der Waals surface area contributed by atoms with E-state index in [9.17, 15) is 13.2 Å². The van der Waals surface area contributed by atoms with Crippen LogP contribution in [0, 0.1) is 0 Å². The van der Waals surface area contributed by atoms with E-state index in [2.05, 4.69) is 15.3 Å². The van der Waals surface area contributed by atoms with Gasteiger partial charge in [-0.25, -0.2) is 14.6 Å². The SMILES string of the molecule is Nc1cc(Cc2cccc(C(F)(F)F)c2)ccc1-c1nn(C2CCNCC2)c2ncnc(N)c12. The number of aromatic nitrogens is 4. The first-order chi connectivity index (χ1) is 16.3. The number of halogens is 3. The molecule has 2 aromatic carbocycles. The van der Waals surface area contributed by atoms with Gasteiger partial charge in [-0.1, -0.05) is 30.3 Å². The monoisotopic (exact) mass is 467 g/mol. The topological polar surface area (TPSA) is 108 Å². The number of nitrogens with one attached hydrogen (secondary N) is 1. The molecule has 0 bridgehead atoms. The van der Waals surface area contributed by atoms with Crippen molar-refractivity contribution in [3.8, 4) is 11.3 Å². The number of nitrogens with two attached hydrogens (primary N) is 2. The summed E-state index contributed by atoms with van der Waals surface area (Å²) in [5.41, 5.74) is 15.7. The number of nitrogen functional groups attached to an aromatic ring is 2. The van der Waals surface area contributed by atoms with E-state index in [1.807, 2.05) is 16.8 Å². The zero-order chi connectivity index (χ0) is 23.9. The highest BCUT2D eigenvalue weighted by Gasteiger charge is 2.30. The summed E-state index contributed by atoms with van der Waals surface area (Å²) in [5, 5.41) is 8.86. The molecular formula is C24H24F3N7. The Kier molecular flexibility index (Phi) is 5.60. The van der Waals surface area contributed by atoms with Gasteiger partial charge < -0.3 is 16.8 Å². The minimum atomic E-state index is -4.38. The van der Waals surface area contributed by atoms with Gasteiger partial charge in [-0.15, -0.1) is 0 Å². The van der Waals surface area contributed by atoms with E-state index in [1.54, 1.807) is 12.1 Å². The lowest BCUT2D eigenvalue weighted by atomic mass is 9.99. The van der Waals surface area contributed by atoms with E-state index in [-0.39, 0.29) is 6.04 Å². The van der Waals surface area contributed by atoms with E-state index in [1.165, 1.54) is 12.4 Å². The molecule has 1 saturated heterocycles. The van der Waals surface area contributed by atoms with Gasteiger partial charge in [0.1, 0.15) is 17.8 Å². The second-order valence-corrected chi connectivity index (χ2v) is 8.53. The molecule has 0 spiro atoms. The summed E-state index contributed by atoms with van der Waals surface area (Å²) in [6.07, 6.45) is -0.779. The predicted octanol–water partition coefficient (Wildman–Crippen LogP) is 4.19. The standard InChI is InChI=1S/C24H24F3N7/c25-24(26,27)16-3-1-2-14(11-16)10-15-4-5-18(19(28)12-15)21-20-22(29)31-13-32-23(20)34(33-21)17-6-8-30-9-7-17/h1-5,11-13,17,30H,6-10,28H2,(H2,29,31,32). The minimum Gasteiger partial charge on any atom is -0.398 e. The number of anilines is 2. The van der Waals surface area contributed by atoms with Gasteiger partial charge >= 0.3 is 6.18 Å². The largest absolute Gasteiger partial charge is 0.416 e. The van der Waals surface area contributed by atoms with Crippen LogP contribution in [-0.4, -0.2) is 32.8 Å². The van der Waals surface area contributed by atoms with Gasteiger partial charge in [0.15, 0.2) is 5.65 Å². The highest BCUT2D eigenvalue weighted by molar-refractivity contribution is 6.00. The molecule has 1 fully saturated rings. The van der Waals surface area contributed by atoms with Crippen molar-refractivity contribution in [1.29, 1.82) is 0 Å². The molecule has 0 amide bonds. The van der Waals surface area contributed by atoms with Crippen LogP contribution < -0.4 is 16.8 Å². The molecule has 2 aromatic heterocycles. The lowest BCUT2D eigenvalue weighted by Crippen LogP contribution is -2.30. The summed E-state index contributed by atoms with van der Waals surface area (Å²) in [5.74, 6) is 0.327. The van der Waals surface area contributed by atoms with Crippen LogP contribution >= 0.6 is 0 Å². The van der Waals surface area contributed by atoms with Crippen molar-refractivity contribution in [3.63, 3.8) is 0 Å². The molecular weight excluding hydrogens is 443 g/mol. The second kappa shape index (κ2) is 8.60. The zero-order valence-corrected chi connectivity index (χ0v) is 18.3. The summed E-state index contributed by atoms with van der Waals surface area (Å²) in [4.78, 5) is 8.60. The molecule has 1 aliphatic heterocycles. The first-order valence-electron chi connectivity index (χ1n) is 11.1. The third-order valence-electron chi connectivity index (χ3n) is 6.21. The fourth-order valence-electron chi connectivity index (χ4n) is 4.52. The molecule has 1 aliphatic rings. The van der Waals surface area contributed by atoms with Gasteiger partial charge in [0.05, 0.1) is 17.0 Å². The smallest absolute Gasteiger partial charge is 0.398 e. The molecule has 5 rings (SSSR count). The molecule has 0 radical (unpaired) electrons. The third kappa shape index (κ3) is 4.16. The number of nitrogens with zero attached hydrogens (tertiary/aromatic N) is 4. The predicted molar refractivity (Wildman–Crippen MR) is 125 cm³/mol. The number of rotatable bonds is 4. The third-order valence-corrected chi connectivity index (χ3v) is 6.21. The molecule has 0 aliphatic carbocycles. The maximum Gasteiger partial charge on any atom is 0.416 e. The average Bonchev–Trinajstić information content (AvgIpc) is 3.20. The normalized spacial score (nSPS) is 15.1. The number of piperidine rings is 1. The molecule has 0 unspecified atom stereocenters.